The molecule has 1 amide bonds. The summed E-state index contributed by atoms with van der Waals surface area (Å²) in [5.41, 5.74) is 4.05. The highest BCUT2D eigenvalue weighted by Gasteiger charge is 2.44. The van der Waals surface area contributed by atoms with Crippen molar-refractivity contribution in [2.45, 2.75) is 45.6 Å². The molecule has 5 rings (SSSR count). The molecule has 0 saturated carbocycles. The van der Waals surface area contributed by atoms with E-state index < -0.39 is 5.60 Å². The van der Waals surface area contributed by atoms with Crippen molar-refractivity contribution in [3.63, 3.8) is 0 Å². The van der Waals surface area contributed by atoms with Gasteiger partial charge in [0.2, 0.25) is 5.95 Å². The molecule has 0 radical (unpaired) electrons. The molecule has 1 saturated heterocycles. The lowest BCUT2D eigenvalue weighted by molar-refractivity contribution is -0.00617. The van der Waals surface area contributed by atoms with Crippen molar-refractivity contribution in [2.75, 3.05) is 18.4 Å². The monoisotopic (exact) mass is 490 g/mol. The number of anilines is 2. The summed E-state index contributed by atoms with van der Waals surface area (Å²) in [6.07, 6.45) is 1.52. The minimum Gasteiger partial charge on any atom is -0.486 e. The van der Waals surface area contributed by atoms with Gasteiger partial charge in [-0.15, -0.1) is 0 Å². The van der Waals surface area contributed by atoms with E-state index in [9.17, 15) is 9.59 Å². The molecule has 1 N–H and O–H groups in total. The number of hydrogen-bond acceptors (Lipinski definition) is 6. The normalized spacial score (nSPS) is 16.6. The number of rotatable bonds is 3. The van der Waals surface area contributed by atoms with Gasteiger partial charge in [-0.1, -0.05) is 11.6 Å². The van der Waals surface area contributed by atoms with Gasteiger partial charge in [0.05, 0.1) is 12.0 Å². The van der Waals surface area contributed by atoms with Crippen molar-refractivity contribution >= 4 is 34.9 Å². The first kappa shape index (κ1) is 23.3. The number of hydrogen-bond donors (Lipinski definition) is 1. The first-order chi connectivity index (χ1) is 16.7. The predicted octanol–water partition coefficient (Wildman–Crippen LogP) is 5.44. The van der Waals surface area contributed by atoms with Gasteiger partial charge < -0.3 is 15.0 Å². The van der Waals surface area contributed by atoms with Crippen LogP contribution >= 0.6 is 11.6 Å². The molecule has 8 heteroatoms. The number of likely N-dealkylation sites (tertiary alicyclic amines) is 1. The molecular formula is C27H27ClN4O3. The smallest absolute Gasteiger partial charge is 0.253 e. The number of aromatic nitrogens is 2. The van der Waals surface area contributed by atoms with Crippen molar-refractivity contribution in [2.24, 2.45) is 0 Å². The minimum atomic E-state index is -0.570. The lowest BCUT2D eigenvalue weighted by atomic mass is 9.82. The fourth-order valence-corrected chi connectivity index (χ4v) is 5.17. The number of piperidine rings is 1. The summed E-state index contributed by atoms with van der Waals surface area (Å²) in [6.45, 7) is 6.82. The summed E-state index contributed by atoms with van der Waals surface area (Å²) in [5.74, 6) is 1.18. The van der Waals surface area contributed by atoms with E-state index in [0.717, 1.165) is 22.6 Å². The Morgan fingerprint density at radius 2 is 1.69 bits per heavy atom. The third kappa shape index (κ3) is 4.73. The molecule has 1 spiro atoms. The van der Waals surface area contributed by atoms with Crippen LogP contribution in [-0.4, -0.2) is 45.2 Å². The van der Waals surface area contributed by atoms with E-state index in [1.54, 1.807) is 6.07 Å². The van der Waals surface area contributed by atoms with E-state index in [-0.39, 0.29) is 11.7 Å². The molecule has 0 atom stereocenters. The van der Waals surface area contributed by atoms with Crippen LogP contribution in [0.1, 0.15) is 56.9 Å². The van der Waals surface area contributed by atoms with Gasteiger partial charge in [0.1, 0.15) is 11.4 Å². The molecule has 1 aromatic heterocycles. The van der Waals surface area contributed by atoms with Gasteiger partial charge in [-0.05, 0) is 68.8 Å². The molecule has 2 aromatic carbocycles. The zero-order valence-electron chi connectivity index (χ0n) is 20.0. The van der Waals surface area contributed by atoms with Crippen LogP contribution in [0, 0.1) is 20.8 Å². The van der Waals surface area contributed by atoms with E-state index in [1.165, 1.54) is 0 Å². The lowest BCUT2D eigenvalue weighted by Gasteiger charge is -2.44. The molecule has 35 heavy (non-hydrogen) atoms. The number of ketones is 1. The number of carbonyl (C=O) groups excluding carboxylic acids is 2. The summed E-state index contributed by atoms with van der Waals surface area (Å²) in [6, 6.07) is 12.7. The molecule has 3 heterocycles. The van der Waals surface area contributed by atoms with E-state index in [2.05, 4.69) is 15.3 Å². The number of fused-ring (bicyclic) bond motifs is 1. The molecule has 3 aromatic rings. The van der Waals surface area contributed by atoms with Gasteiger partial charge in [0.15, 0.2) is 5.78 Å². The summed E-state index contributed by atoms with van der Waals surface area (Å²) in [7, 11) is 0. The number of halogens is 1. The Bertz CT molecular complexity index is 1290. The van der Waals surface area contributed by atoms with Crippen LogP contribution in [0.25, 0.3) is 0 Å². The minimum absolute atomic E-state index is 0.0282. The zero-order valence-corrected chi connectivity index (χ0v) is 20.8. The van der Waals surface area contributed by atoms with E-state index in [4.69, 9.17) is 16.3 Å². The second-order valence-corrected chi connectivity index (χ2v) is 9.89. The Kier molecular flexibility index (Phi) is 5.97. The summed E-state index contributed by atoms with van der Waals surface area (Å²) in [5, 5.41) is 3.73. The first-order valence-corrected chi connectivity index (χ1v) is 12.1. The van der Waals surface area contributed by atoms with Crippen molar-refractivity contribution in [1.82, 2.24) is 14.9 Å². The number of aryl methyl sites for hydroxylation is 3. The Hall–Kier alpha value is -3.45. The molecule has 0 bridgehead atoms. The van der Waals surface area contributed by atoms with Crippen LogP contribution in [0.3, 0.4) is 0 Å². The number of amides is 1. The van der Waals surface area contributed by atoms with Crippen LogP contribution in [0.2, 0.25) is 5.02 Å². The van der Waals surface area contributed by atoms with E-state index in [1.807, 2.05) is 62.1 Å². The lowest BCUT2D eigenvalue weighted by Crippen LogP contribution is -2.52. The molecule has 0 unspecified atom stereocenters. The fraction of sp³-hybridized carbons (Fsp3) is 0.333. The number of ether oxygens (including phenoxy) is 1. The summed E-state index contributed by atoms with van der Waals surface area (Å²) >= 11 is 6.14. The second-order valence-electron chi connectivity index (χ2n) is 9.45. The third-order valence-electron chi connectivity index (χ3n) is 6.67. The highest BCUT2D eigenvalue weighted by atomic mass is 35.5. The van der Waals surface area contributed by atoms with Crippen LogP contribution in [0.5, 0.6) is 5.75 Å². The second kappa shape index (κ2) is 8.96. The fourth-order valence-electron chi connectivity index (χ4n) is 4.90. The van der Waals surface area contributed by atoms with Crippen molar-refractivity contribution < 1.29 is 14.3 Å². The summed E-state index contributed by atoms with van der Waals surface area (Å²) in [4.78, 5) is 36.6. The summed E-state index contributed by atoms with van der Waals surface area (Å²) < 4.78 is 6.40. The van der Waals surface area contributed by atoms with Crippen molar-refractivity contribution in [3.8, 4) is 5.75 Å². The molecule has 180 valence electrons. The molecule has 2 aliphatic rings. The van der Waals surface area contributed by atoms with Crippen molar-refractivity contribution in [1.29, 1.82) is 0 Å². The van der Waals surface area contributed by atoms with E-state index in [0.29, 0.717) is 60.2 Å². The van der Waals surface area contributed by atoms with Crippen molar-refractivity contribution in [3.05, 3.63) is 75.6 Å². The largest absolute Gasteiger partial charge is 0.486 e. The zero-order chi connectivity index (χ0) is 24.7. The number of nitrogens with one attached hydrogen (secondary N) is 1. The average Bonchev–Trinajstić information content (AvgIpc) is 2.80. The maximum atomic E-state index is 13.1. The van der Waals surface area contributed by atoms with Gasteiger partial charge in [0.25, 0.3) is 5.91 Å². The number of Topliss-reactive ketones (excluding diaryl/α,β-unsaturated/α-hetero) is 1. The van der Waals surface area contributed by atoms with Gasteiger partial charge in [0, 0.05) is 53.6 Å². The quantitative estimate of drug-likeness (QED) is 0.526. The van der Waals surface area contributed by atoms with Gasteiger partial charge in [-0.2, -0.15) is 0 Å². The molecule has 1 fully saturated rings. The predicted molar refractivity (Wildman–Crippen MR) is 135 cm³/mol. The van der Waals surface area contributed by atoms with Crippen LogP contribution in [-0.2, 0) is 0 Å². The highest BCUT2D eigenvalue weighted by Crippen LogP contribution is 2.42. The van der Waals surface area contributed by atoms with Gasteiger partial charge in [-0.3, -0.25) is 9.59 Å². The van der Waals surface area contributed by atoms with Crippen LogP contribution < -0.4 is 10.1 Å². The topological polar surface area (TPSA) is 84.4 Å². The Morgan fingerprint density at radius 1 is 1.03 bits per heavy atom. The average molecular weight is 491 g/mol. The Morgan fingerprint density at radius 3 is 2.34 bits per heavy atom. The highest BCUT2D eigenvalue weighted by molar-refractivity contribution is 6.31. The van der Waals surface area contributed by atoms with E-state index >= 15 is 0 Å². The van der Waals surface area contributed by atoms with Gasteiger partial charge >= 0.3 is 0 Å². The Labute approximate surface area is 209 Å². The molecule has 0 aliphatic carbocycles. The third-order valence-corrected chi connectivity index (χ3v) is 6.89. The standard InChI is InChI=1S/C27H27ClN4O3/c1-16-12-20(28)14-22-23(33)15-27(35-24(16)22)8-10-32(11-9-27)25(34)19-4-6-21(7-5-19)31-26-29-17(2)13-18(3)30-26/h4-7,12-14H,8-11,15H2,1-3H3,(H,29,30,31). The first-order valence-electron chi connectivity index (χ1n) is 11.7. The number of benzene rings is 2. The molecular weight excluding hydrogens is 464 g/mol. The number of carbonyl (C=O) groups is 2. The number of nitrogens with zero attached hydrogens (tertiary/aromatic N) is 3. The molecule has 2 aliphatic heterocycles. The SMILES string of the molecule is Cc1cc(C)nc(Nc2ccc(C(=O)N3CCC4(CC3)CC(=O)c3cc(Cl)cc(C)c3O4)cc2)n1. The van der Waals surface area contributed by atoms with Gasteiger partial charge in [-0.25, -0.2) is 9.97 Å². The maximum Gasteiger partial charge on any atom is 0.253 e. The van der Waals surface area contributed by atoms with Crippen LogP contribution in [0.15, 0.2) is 42.5 Å². The molecule has 7 nitrogen and oxygen atoms in total. The Balaban J connectivity index is 1.24. The maximum absolute atomic E-state index is 13.1. The van der Waals surface area contributed by atoms with Crippen LogP contribution in [0.4, 0.5) is 11.6 Å².